The molecule has 34 heavy (non-hydrogen) atoms. The molecule has 0 aliphatic carbocycles. The van der Waals surface area contributed by atoms with E-state index in [0.717, 1.165) is 60.1 Å². The number of fused-ring (bicyclic) bond motifs is 3. The van der Waals surface area contributed by atoms with Gasteiger partial charge in [0.25, 0.3) is 0 Å². The topological polar surface area (TPSA) is 61.6 Å². The third-order valence-electron chi connectivity index (χ3n) is 6.43. The summed E-state index contributed by atoms with van der Waals surface area (Å²) < 4.78 is 2.08. The van der Waals surface area contributed by atoms with Crippen molar-refractivity contribution in [1.29, 1.82) is 0 Å². The second-order valence-corrected chi connectivity index (χ2v) is 8.65. The minimum atomic E-state index is 0.0329. The first-order valence-electron chi connectivity index (χ1n) is 12.2. The molecule has 7 heteroatoms. The normalized spacial score (nSPS) is 18.8. The Morgan fingerprint density at radius 2 is 2.00 bits per heavy atom. The van der Waals surface area contributed by atoms with E-state index in [2.05, 4.69) is 94.0 Å². The highest BCUT2D eigenvalue weighted by Gasteiger charge is 2.35. The fraction of sp³-hybridized carbons (Fsp3) is 0.370. The molecule has 2 aliphatic rings. The number of nitrogens with one attached hydrogen (secondary N) is 1. The van der Waals surface area contributed by atoms with E-state index in [0.29, 0.717) is 5.92 Å². The number of aromatic nitrogens is 3. The second-order valence-electron chi connectivity index (χ2n) is 8.65. The lowest BCUT2D eigenvalue weighted by Crippen LogP contribution is -2.48. The molecule has 1 aromatic carbocycles. The number of amidine groups is 1. The lowest BCUT2D eigenvalue weighted by molar-refractivity contribution is 0.227. The van der Waals surface area contributed by atoms with Crippen LogP contribution in [0.2, 0.25) is 0 Å². The van der Waals surface area contributed by atoms with Gasteiger partial charge in [0.05, 0.1) is 5.70 Å². The molecule has 0 spiro atoms. The number of aliphatic imine (C=N–C) groups is 1. The number of nitrogens with zero attached hydrogens (tertiary/aromatic N) is 6. The van der Waals surface area contributed by atoms with Gasteiger partial charge in [0, 0.05) is 18.9 Å². The molecule has 0 saturated heterocycles. The van der Waals surface area contributed by atoms with E-state index >= 15 is 0 Å². The van der Waals surface area contributed by atoms with Gasteiger partial charge >= 0.3 is 0 Å². The first-order valence-corrected chi connectivity index (χ1v) is 12.2. The third kappa shape index (κ3) is 4.61. The van der Waals surface area contributed by atoms with E-state index in [-0.39, 0.29) is 6.04 Å². The van der Waals surface area contributed by atoms with Gasteiger partial charge in [-0.15, -0.1) is 10.2 Å². The summed E-state index contributed by atoms with van der Waals surface area (Å²) in [7, 11) is 1.93. The third-order valence-corrected chi connectivity index (χ3v) is 6.43. The molecule has 2 unspecified atom stereocenters. The Labute approximate surface area is 202 Å². The SMILES string of the molecule is C=C(c1ccccc1)N(C=CC(C)CC)C1=CCCC=C2C(=N1)N(NC)C(CC)c1nncn12. The summed E-state index contributed by atoms with van der Waals surface area (Å²) in [6.07, 6.45) is 14.3. The van der Waals surface area contributed by atoms with Gasteiger partial charge in [-0.1, -0.05) is 76.3 Å². The molecule has 2 aliphatic heterocycles. The second kappa shape index (κ2) is 10.7. The van der Waals surface area contributed by atoms with Gasteiger partial charge in [0.1, 0.15) is 18.2 Å². The lowest BCUT2D eigenvalue weighted by atomic mass is 10.1. The van der Waals surface area contributed by atoms with Crippen LogP contribution in [0, 0.1) is 5.92 Å². The quantitative estimate of drug-likeness (QED) is 0.560. The van der Waals surface area contributed by atoms with Gasteiger partial charge in [-0.3, -0.25) is 9.58 Å². The van der Waals surface area contributed by atoms with E-state index in [9.17, 15) is 0 Å². The molecule has 1 aromatic heterocycles. The molecule has 0 fully saturated rings. The number of hydrazine groups is 1. The first-order chi connectivity index (χ1) is 16.6. The zero-order chi connectivity index (χ0) is 24.1. The standard InChI is InChI=1S/C27H35N7/c1-6-20(3)17-18-32(21(4)22-13-9-8-10-14-22)25-16-12-11-15-24-26(30-25)34(28-5)23(7-2)27-31-29-19-33(24)27/h8-10,13-20,23,28H,4,6-7,11-12H2,1-3,5H3. The van der Waals surface area contributed by atoms with E-state index in [1.807, 2.05) is 25.2 Å². The van der Waals surface area contributed by atoms with Crippen molar-refractivity contribution in [3.8, 4) is 0 Å². The molecule has 2 atom stereocenters. The lowest BCUT2D eigenvalue weighted by Gasteiger charge is -2.38. The fourth-order valence-electron chi connectivity index (χ4n) is 4.26. The predicted molar refractivity (Wildman–Crippen MR) is 139 cm³/mol. The number of rotatable bonds is 8. The molecule has 2 aromatic rings. The van der Waals surface area contributed by atoms with Gasteiger partial charge < -0.3 is 4.90 Å². The molecule has 1 N–H and O–H groups in total. The zero-order valence-electron chi connectivity index (χ0n) is 20.6. The smallest absolute Gasteiger partial charge is 0.169 e. The summed E-state index contributed by atoms with van der Waals surface area (Å²) >= 11 is 0. The summed E-state index contributed by atoms with van der Waals surface area (Å²) in [5.74, 6) is 3.10. The largest absolute Gasteiger partial charge is 0.302 e. The highest BCUT2D eigenvalue weighted by Crippen LogP contribution is 2.34. The van der Waals surface area contributed by atoms with Crippen LogP contribution in [0.1, 0.15) is 63.9 Å². The molecule has 0 radical (unpaired) electrons. The molecule has 7 nitrogen and oxygen atoms in total. The van der Waals surface area contributed by atoms with Crippen LogP contribution in [-0.4, -0.2) is 37.6 Å². The maximum atomic E-state index is 5.25. The van der Waals surface area contributed by atoms with E-state index in [1.54, 1.807) is 6.33 Å². The highest BCUT2D eigenvalue weighted by atomic mass is 15.6. The van der Waals surface area contributed by atoms with Crippen LogP contribution in [0.15, 0.2) is 78.5 Å². The number of allylic oxidation sites excluding steroid dienone is 3. The zero-order valence-corrected chi connectivity index (χ0v) is 20.6. The Hall–Kier alpha value is -3.45. The highest BCUT2D eigenvalue weighted by molar-refractivity contribution is 6.18. The van der Waals surface area contributed by atoms with Crippen molar-refractivity contribution in [2.75, 3.05) is 7.05 Å². The Morgan fingerprint density at radius 3 is 2.71 bits per heavy atom. The Balaban J connectivity index is 1.82. The van der Waals surface area contributed by atoms with Crippen molar-refractivity contribution >= 4 is 17.2 Å². The minimum absolute atomic E-state index is 0.0329. The summed E-state index contributed by atoms with van der Waals surface area (Å²) in [4.78, 5) is 7.37. The molecule has 0 bridgehead atoms. The van der Waals surface area contributed by atoms with E-state index in [1.165, 1.54) is 0 Å². The van der Waals surface area contributed by atoms with Crippen LogP contribution >= 0.6 is 0 Å². The summed E-state index contributed by atoms with van der Waals surface area (Å²) in [5, 5.41) is 10.7. The van der Waals surface area contributed by atoms with Gasteiger partial charge in [-0.05, 0) is 36.8 Å². The van der Waals surface area contributed by atoms with Crippen LogP contribution in [0.5, 0.6) is 0 Å². The van der Waals surface area contributed by atoms with E-state index < -0.39 is 0 Å². The van der Waals surface area contributed by atoms with Gasteiger partial charge in [0.2, 0.25) is 0 Å². The molecule has 178 valence electrons. The van der Waals surface area contributed by atoms with Crippen molar-refractivity contribution in [3.63, 3.8) is 0 Å². The molecule has 0 saturated carbocycles. The van der Waals surface area contributed by atoms with Crippen molar-refractivity contribution in [2.45, 2.75) is 52.5 Å². The van der Waals surface area contributed by atoms with Gasteiger partial charge in [-0.2, -0.15) is 0 Å². The Bertz CT molecular complexity index is 1120. The summed E-state index contributed by atoms with van der Waals surface area (Å²) in [6.45, 7) is 11.0. The average molecular weight is 458 g/mol. The monoisotopic (exact) mass is 457 g/mol. The Kier molecular flexibility index (Phi) is 7.43. The van der Waals surface area contributed by atoms with E-state index in [4.69, 9.17) is 4.99 Å². The summed E-state index contributed by atoms with van der Waals surface area (Å²) in [6, 6.07) is 10.3. The maximum Gasteiger partial charge on any atom is 0.169 e. The predicted octanol–water partition coefficient (Wildman–Crippen LogP) is 5.59. The van der Waals surface area contributed by atoms with Gasteiger partial charge in [-0.25, -0.2) is 10.4 Å². The fourth-order valence-corrected chi connectivity index (χ4v) is 4.26. The van der Waals surface area contributed by atoms with Crippen molar-refractivity contribution in [2.24, 2.45) is 10.9 Å². The molecular formula is C27H35N7. The maximum absolute atomic E-state index is 5.25. The van der Waals surface area contributed by atoms with Crippen LogP contribution in [0.4, 0.5) is 0 Å². The van der Waals surface area contributed by atoms with Crippen LogP contribution in [0.3, 0.4) is 0 Å². The molecule has 3 heterocycles. The van der Waals surface area contributed by atoms with Crippen molar-refractivity contribution < 1.29 is 0 Å². The van der Waals surface area contributed by atoms with Crippen molar-refractivity contribution in [1.82, 2.24) is 30.1 Å². The van der Waals surface area contributed by atoms with Crippen LogP contribution < -0.4 is 5.43 Å². The minimum Gasteiger partial charge on any atom is -0.302 e. The first kappa shape index (κ1) is 23.7. The van der Waals surface area contributed by atoms with Crippen LogP contribution in [-0.2, 0) is 0 Å². The number of hydrogen-bond donors (Lipinski definition) is 1. The number of benzene rings is 1. The van der Waals surface area contributed by atoms with Crippen molar-refractivity contribution in [3.05, 3.63) is 84.9 Å². The number of hydrogen-bond acceptors (Lipinski definition) is 6. The average Bonchev–Trinajstić information content (AvgIpc) is 3.34. The molecular weight excluding hydrogens is 422 g/mol. The summed E-state index contributed by atoms with van der Waals surface area (Å²) in [5.41, 5.74) is 6.32. The van der Waals surface area contributed by atoms with Gasteiger partial charge in [0.15, 0.2) is 11.7 Å². The molecule has 4 rings (SSSR count). The Morgan fingerprint density at radius 1 is 1.24 bits per heavy atom. The molecule has 0 amide bonds. The van der Waals surface area contributed by atoms with Crippen LogP contribution in [0.25, 0.3) is 11.4 Å².